The van der Waals surface area contributed by atoms with Gasteiger partial charge in [0.25, 0.3) is 0 Å². The summed E-state index contributed by atoms with van der Waals surface area (Å²) in [4.78, 5) is 4.59. The Bertz CT molecular complexity index is 737. The third-order valence-electron chi connectivity index (χ3n) is 4.53. The fourth-order valence-electron chi connectivity index (χ4n) is 3.57. The maximum atomic E-state index is 4.59. The van der Waals surface area contributed by atoms with Gasteiger partial charge in [-0.1, -0.05) is 60.2 Å². The van der Waals surface area contributed by atoms with E-state index in [1.165, 1.54) is 33.5 Å². The Kier molecular flexibility index (Phi) is 2.59. The van der Waals surface area contributed by atoms with Crippen molar-refractivity contribution in [2.75, 3.05) is 7.05 Å². The summed E-state index contributed by atoms with van der Waals surface area (Å²) in [7, 11) is 1.92. The summed E-state index contributed by atoms with van der Waals surface area (Å²) in [5.74, 6) is 0.463. The zero-order valence-corrected chi connectivity index (χ0v) is 11.6. The summed E-state index contributed by atoms with van der Waals surface area (Å²) < 4.78 is 0. The van der Waals surface area contributed by atoms with Crippen molar-refractivity contribution in [1.82, 2.24) is 0 Å². The van der Waals surface area contributed by atoms with Gasteiger partial charge in [-0.2, -0.15) is 0 Å². The normalized spacial score (nSPS) is 21.8. The molecule has 1 heteroatoms. The van der Waals surface area contributed by atoms with Gasteiger partial charge in [-0.25, -0.2) is 0 Å². The van der Waals surface area contributed by atoms with Crippen LogP contribution in [0.4, 0.5) is 0 Å². The molecule has 1 unspecified atom stereocenters. The van der Waals surface area contributed by atoms with Gasteiger partial charge in [0.1, 0.15) is 0 Å². The Morgan fingerprint density at radius 1 is 0.950 bits per heavy atom. The van der Waals surface area contributed by atoms with E-state index in [-0.39, 0.29) is 0 Å². The van der Waals surface area contributed by atoms with Crippen LogP contribution in [0.25, 0.3) is 6.08 Å². The zero-order chi connectivity index (χ0) is 13.5. The van der Waals surface area contributed by atoms with Crippen molar-refractivity contribution >= 4 is 11.8 Å². The Labute approximate surface area is 119 Å². The molecule has 0 spiro atoms. The van der Waals surface area contributed by atoms with Crippen LogP contribution in [0.1, 0.15) is 22.3 Å². The third-order valence-corrected chi connectivity index (χ3v) is 4.53. The van der Waals surface area contributed by atoms with Crippen molar-refractivity contribution in [3.63, 3.8) is 0 Å². The molecule has 0 bridgehead atoms. The fraction of sp³-hybridized carbons (Fsp3) is 0.211. The second-order valence-corrected chi connectivity index (χ2v) is 5.62. The van der Waals surface area contributed by atoms with Gasteiger partial charge in [-0.3, -0.25) is 4.99 Å². The van der Waals surface area contributed by atoms with E-state index in [2.05, 4.69) is 59.6 Å². The van der Waals surface area contributed by atoms with Crippen LogP contribution in [-0.4, -0.2) is 12.8 Å². The third kappa shape index (κ3) is 1.66. The van der Waals surface area contributed by atoms with Crippen LogP contribution in [0.15, 0.2) is 59.1 Å². The standard InChI is InChI=1S/C19H17N/c1-20-19-17-9-5-4-8-15(17)12-18(19)16-10-13-6-2-3-7-14(13)11-16/h2-10,18H,11-12H2,1H3. The molecule has 0 radical (unpaired) electrons. The molecule has 1 atom stereocenters. The van der Waals surface area contributed by atoms with E-state index < -0.39 is 0 Å². The Morgan fingerprint density at radius 3 is 2.50 bits per heavy atom. The first-order chi connectivity index (χ1) is 9.86. The van der Waals surface area contributed by atoms with Crippen molar-refractivity contribution in [2.24, 2.45) is 10.9 Å². The van der Waals surface area contributed by atoms with Crippen molar-refractivity contribution in [3.8, 4) is 0 Å². The maximum Gasteiger partial charge on any atom is 0.0494 e. The Morgan fingerprint density at radius 2 is 1.70 bits per heavy atom. The molecule has 98 valence electrons. The van der Waals surface area contributed by atoms with Crippen molar-refractivity contribution < 1.29 is 0 Å². The number of benzene rings is 2. The molecule has 4 rings (SSSR count). The van der Waals surface area contributed by atoms with Gasteiger partial charge in [-0.15, -0.1) is 0 Å². The molecule has 20 heavy (non-hydrogen) atoms. The van der Waals surface area contributed by atoms with Gasteiger partial charge >= 0.3 is 0 Å². The van der Waals surface area contributed by atoms with E-state index in [1.54, 1.807) is 0 Å². The molecule has 1 nitrogen and oxygen atoms in total. The lowest BCUT2D eigenvalue weighted by Crippen LogP contribution is -2.13. The molecule has 0 heterocycles. The number of rotatable bonds is 1. The Balaban J connectivity index is 1.73. The SMILES string of the molecule is CN=C1c2ccccc2CC1C1=Cc2ccccc2C1. The van der Waals surface area contributed by atoms with Gasteiger partial charge in [0.15, 0.2) is 0 Å². The van der Waals surface area contributed by atoms with Crippen LogP contribution in [0.5, 0.6) is 0 Å². The van der Waals surface area contributed by atoms with Crippen LogP contribution >= 0.6 is 0 Å². The van der Waals surface area contributed by atoms with E-state index >= 15 is 0 Å². The fourth-order valence-corrected chi connectivity index (χ4v) is 3.57. The second-order valence-electron chi connectivity index (χ2n) is 5.62. The molecule has 2 aliphatic rings. The summed E-state index contributed by atoms with van der Waals surface area (Å²) in [5, 5.41) is 0. The minimum atomic E-state index is 0.463. The van der Waals surface area contributed by atoms with Crippen LogP contribution in [0.3, 0.4) is 0 Å². The van der Waals surface area contributed by atoms with Gasteiger partial charge in [0.2, 0.25) is 0 Å². The van der Waals surface area contributed by atoms with Crippen molar-refractivity contribution in [1.29, 1.82) is 0 Å². The molecule has 0 fully saturated rings. The summed E-state index contributed by atoms with van der Waals surface area (Å²) in [6.45, 7) is 0. The Hall–Kier alpha value is -2.15. The van der Waals surface area contributed by atoms with Crippen LogP contribution in [0, 0.1) is 5.92 Å². The predicted molar refractivity (Wildman–Crippen MR) is 84.2 cm³/mol. The van der Waals surface area contributed by atoms with Crippen LogP contribution in [-0.2, 0) is 12.8 Å². The highest BCUT2D eigenvalue weighted by Crippen LogP contribution is 2.37. The van der Waals surface area contributed by atoms with E-state index in [4.69, 9.17) is 0 Å². The molecule has 0 aromatic heterocycles. The summed E-state index contributed by atoms with van der Waals surface area (Å²) in [6, 6.07) is 17.4. The zero-order valence-electron chi connectivity index (χ0n) is 11.6. The number of aliphatic imine (C=N–C) groups is 1. The summed E-state index contributed by atoms with van der Waals surface area (Å²) >= 11 is 0. The minimum absolute atomic E-state index is 0.463. The molecule has 2 aromatic rings. The molecule has 0 aliphatic heterocycles. The molecule has 2 aromatic carbocycles. The average Bonchev–Trinajstić information content (AvgIpc) is 3.07. The number of nitrogens with zero attached hydrogens (tertiary/aromatic N) is 1. The molecule has 0 N–H and O–H groups in total. The van der Waals surface area contributed by atoms with E-state index in [9.17, 15) is 0 Å². The minimum Gasteiger partial charge on any atom is -0.292 e. The molecular weight excluding hydrogens is 242 g/mol. The first kappa shape index (κ1) is 11.7. The van der Waals surface area contributed by atoms with E-state index in [0.29, 0.717) is 5.92 Å². The monoisotopic (exact) mass is 259 g/mol. The quantitative estimate of drug-likeness (QED) is 0.736. The molecule has 0 amide bonds. The van der Waals surface area contributed by atoms with Crippen molar-refractivity contribution in [2.45, 2.75) is 12.8 Å². The maximum absolute atomic E-state index is 4.59. The first-order valence-corrected chi connectivity index (χ1v) is 7.20. The highest BCUT2D eigenvalue weighted by molar-refractivity contribution is 6.08. The van der Waals surface area contributed by atoms with Gasteiger partial charge in [-0.05, 0) is 35.1 Å². The van der Waals surface area contributed by atoms with Gasteiger partial charge < -0.3 is 0 Å². The number of hydrogen-bond acceptors (Lipinski definition) is 1. The van der Waals surface area contributed by atoms with Crippen molar-refractivity contribution in [3.05, 3.63) is 76.4 Å². The topological polar surface area (TPSA) is 12.4 Å². The molecule has 2 aliphatic carbocycles. The number of fused-ring (bicyclic) bond motifs is 2. The molecule has 0 saturated carbocycles. The largest absolute Gasteiger partial charge is 0.292 e. The van der Waals surface area contributed by atoms with Crippen LogP contribution in [0.2, 0.25) is 0 Å². The van der Waals surface area contributed by atoms with Gasteiger partial charge in [0.05, 0.1) is 0 Å². The van der Waals surface area contributed by atoms with E-state index in [0.717, 1.165) is 12.8 Å². The van der Waals surface area contributed by atoms with E-state index in [1.807, 2.05) is 7.05 Å². The smallest absolute Gasteiger partial charge is 0.0494 e. The molecule has 0 saturated heterocycles. The highest BCUT2D eigenvalue weighted by Gasteiger charge is 2.32. The highest BCUT2D eigenvalue weighted by atomic mass is 14.7. The van der Waals surface area contributed by atoms with Gasteiger partial charge in [0, 0.05) is 18.7 Å². The lowest BCUT2D eigenvalue weighted by atomic mass is 9.93. The lowest BCUT2D eigenvalue weighted by molar-refractivity contribution is 0.810. The van der Waals surface area contributed by atoms with Crippen LogP contribution < -0.4 is 0 Å². The average molecular weight is 259 g/mol. The number of hydrogen-bond donors (Lipinski definition) is 0. The number of allylic oxidation sites excluding steroid dienone is 1. The lowest BCUT2D eigenvalue weighted by Gasteiger charge is -2.12. The summed E-state index contributed by atoms with van der Waals surface area (Å²) in [5.41, 5.74) is 8.40. The second kappa shape index (κ2) is 4.45. The predicted octanol–water partition coefficient (Wildman–Crippen LogP) is 3.92. The summed E-state index contributed by atoms with van der Waals surface area (Å²) in [6.07, 6.45) is 4.55. The molecular formula is C19H17N. The first-order valence-electron chi connectivity index (χ1n) is 7.20.